The molecule has 1 aliphatic rings. The first-order valence-electron chi connectivity index (χ1n) is 4.98. The normalized spacial score (nSPS) is 17.4. The number of hydrogen-bond donors (Lipinski definition) is 1. The number of carboxylic acids is 1. The molecule has 1 N–H and O–H groups in total. The fraction of sp³-hybridized carbons (Fsp3) is 0.250. The Morgan fingerprint density at radius 3 is 2.94 bits per heavy atom. The second-order valence-corrected chi connectivity index (χ2v) is 3.90. The molecule has 0 saturated carbocycles. The van der Waals surface area contributed by atoms with Crippen LogP contribution in [0.1, 0.15) is 22.3 Å². The molecule has 16 heavy (non-hydrogen) atoms. The van der Waals surface area contributed by atoms with E-state index in [0.717, 1.165) is 29.7 Å². The zero-order chi connectivity index (χ0) is 11.5. The molecule has 1 aliphatic heterocycles. The number of carboxylic acid groups (broad SMARTS) is 1. The lowest BCUT2D eigenvalue weighted by molar-refractivity contribution is 0.0696. The molecule has 0 unspecified atom stereocenters. The van der Waals surface area contributed by atoms with Crippen LogP contribution >= 0.6 is 11.6 Å². The van der Waals surface area contributed by atoms with Crippen LogP contribution in [0.4, 0.5) is 0 Å². The van der Waals surface area contributed by atoms with Crippen molar-refractivity contribution in [2.24, 2.45) is 0 Å². The number of carbonyl (C=O) groups is 1. The van der Waals surface area contributed by atoms with E-state index in [1.807, 2.05) is 0 Å². The first-order valence-corrected chi connectivity index (χ1v) is 5.41. The van der Waals surface area contributed by atoms with Crippen LogP contribution in [0.15, 0.2) is 29.3 Å². The highest BCUT2D eigenvalue weighted by molar-refractivity contribution is 6.25. The second-order valence-electron chi connectivity index (χ2n) is 3.68. The van der Waals surface area contributed by atoms with Gasteiger partial charge in [-0.25, -0.2) is 4.79 Å². The smallest absolute Gasteiger partial charge is 0.335 e. The summed E-state index contributed by atoms with van der Waals surface area (Å²) in [4.78, 5) is 10.8. The fourth-order valence-corrected chi connectivity index (χ4v) is 1.84. The minimum atomic E-state index is -0.917. The molecule has 0 saturated heterocycles. The lowest BCUT2D eigenvalue weighted by Crippen LogP contribution is -2.00. The largest absolute Gasteiger partial charge is 0.489 e. The van der Waals surface area contributed by atoms with E-state index in [2.05, 4.69) is 0 Å². The highest BCUT2D eigenvalue weighted by Crippen LogP contribution is 2.27. The van der Waals surface area contributed by atoms with E-state index < -0.39 is 5.97 Å². The number of aryl methyl sites for hydroxylation is 1. The van der Waals surface area contributed by atoms with Crippen LogP contribution < -0.4 is 4.74 Å². The van der Waals surface area contributed by atoms with Crippen molar-refractivity contribution in [3.05, 3.63) is 40.4 Å². The number of ether oxygens (including phenoxy) is 1. The van der Waals surface area contributed by atoms with E-state index in [4.69, 9.17) is 21.4 Å². The third kappa shape index (κ3) is 2.19. The van der Waals surface area contributed by atoms with Crippen molar-refractivity contribution >= 4 is 17.6 Å². The highest BCUT2D eigenvalue weighted by Gasteiger charge is 2.14. The van der Waals surface area contributed by atoms with Gasteiger partial charge >= 0.3 is 5.97 Å². The van der Waals surface area contributed by atoms with Gasteiger partial charge in [0.05, 0.1) is 5.56 Å². The maximum atomic E-state index is 10.8. The van der Waals surface area contributed by atoms with E-state index in [-0.39, 0.29) is 0 Å². The van der Waals surface area contributed by atoms with Crippen LogP contribution in [-0.4, -0.2) is 17.7 Å². The number of rotatable bonds is 1. The van der Waals surface area contributed by atoms with Crippen molar-refractivity contribution in [2.45, 2.75) is 12.8 Å². The number of hydrogen-bond acceptors (Lipinski definition) is 2. The van der Waals surface area contributed by atoms with Gasteiger partial charge in [0, 0.05) is 5.54 Å². The maximum absolute atomic E-state index is 10.8. The standard InChI is InChI=1S/C12H11ClO3/c13-6-8-1-2-9-5-10(12(14)15)3-4-11(9)16-7-8/h3-6H,1-2,7H2,(H,14,15)/b8-6-. The summed E-state index contributed by atoms with van der Waals surface area (Å²) in [5.74, 6) is -0.168. The summed E-state index contributed by atoms with van der Waals surface area (Å²) in [7, 11) is 0. The van der Waals surface area contributed by atoms with Gasteiger partial charge in [0.15, 0.2) is 0 Å². The first kappa shape index (κ1) is 11.0. The molecule has 2 rings (SSSR count). The van der Waals surface area contributed by atoms with Gasteiger partial charge in [-0.3, -0.25) is 0 Å². The monoisotopic (exact) mass is 238 g/mol. The molecule has 84 valence electrons. The van der Waals surface area contributed by atoms with E-state index in [0.29, 0.717) is 12.2 Å². The molecule has 0 aromatic heterocycles. The Labute approximate surface area is 98.3 Å². The summed E-state index contributed by atoms with van der Waals surface area (Å²) in [6.07, 6.45) is 1.56. The van der Waals surface area contributed by atoms with Gasteiger partial charge in [0.2, 0.25) is 0 Å². The Morgan fingerprint density at radius 2 is 2.25 bits per heavy atom. The predicted molar refractivity (Wildman–Crippen MR) is 61.2 cm³/mol. The van der Waals surface area contributed by atoms with Gasteiger partial charge in [-0.05, 0) is 42.2 Å². The summed E-state index contributed by atoms with van der Waals surface area (Å²) < 4.78 is 5.54. The Balaban J connectivity index is 2.32. The van der Waals surface area contributed by atoms with Crippen LogP contribution in [0.5, 0.6) is 5.75 Å². The number of fused-ring (bicyclic) bond motifs is 1. The molecular formula is C12H11ClO3. The van der Waals surface area contributed by atoms with E-state index >= 15 is 0 Å². The summed E-state index contributed by atoms with van der Waals surface area (Å²) in [5, 5.41) is 8.88. The molecule has 4 heteroatoms. The van der Waals surface area contributed by atoms with Crippen molar-refractivity contribution in [2.75, 3.05) is 6.61 Å². The molecule has 0 aliphatic carbocycles. The third-order valence-electron chi connectivity index (χ3n) is 2.59. The molecule has 0 radical (unpaired) electrons. The molecule has 1 aromatic carbocycles. The van der Waals surface area contributed by atoms with Crippen LogP contribution in [0.25, 0.3) is 0 Å². The zero-order valence-electron chi connectivity index (χ0n) is 8.57. The van der Waals surface area contributed by atoms with Gasteiger partial charge in [-0.1, -0.05) is 11.6 Å². The quantitative estimate of drug-likeness (QED) is 0.818. The van der Waals surface area contributed by atoms with Crippen LogP contribution in [-0.2, 0) is 6.42 Å². The van der Waals surface area contributed by atoms with Crippen LogP contribution in [0.3, 0.4) is 0 Å². The topological polar surface area (TPSA) is 46.5 Å². The predicted octanol–water partition coefficient (Wildman–Crippen LogP) is 2.83. The lowest BCUT2D eigenvalue weighted by atomic mass is 10.0. The number of benzene rings is 1. The Hall–Kier alpha value is -1.48. The van der Waals surface area contributed by atoms with Crippen molar-refractivity contribution in [1.29, 1.82) is 0 Å². The molecule has 0 atom stereocenters. The van der Waals surface area contributed by atoms with Crippen molar-refractivity contribution in [1.82, 2.24) is 0 Å². The molecule has 0 spiro atoms. The SMILES string of the molecule is O=C(O)c1ccc2c(c1)CC/C(=C/Cl)CO2. The molecule has 0 amide bonds. The average Bonchev–Trinajstić information content (AvgIpc) is 2.50. The van der Waals surface area contributed by atoms with Gasteiger partial charge in [0.25, 0.3) is 0 Å². The van der Waals surface area contributed by atoms with E-state index in [9.17, 15) is 4.79 Å². The van der Waals surface area contributed by atoms with Crippen LogP contribution in [0, 0.1) is 0 Å². The number of aromatic carboxylic acids is 1. The van der Waals surface area contributed by atoms with Gasteiger partial charge in [0.1, 0.15) is 12.4 Å². The molecule has 0 bridgehead atoms. The Morgan fingerprint density at radius 1 is 1.44 bits per heavy atom. The summed E-state index contributed by atoms with van der Waals surface area (Å²) in [6, 6.07) is 4.92. The van der Waals surface area contributed by atoms with Crippen molar-refractivity contribution < 1.29 is 14.6 Å². The second kappa shape index (κ2) is 4.58. The summed E-state index contributed by atoms with van der Waals surface area (Å²) in [5.41, 5.74) is 3.77. The minimum absolute atomic E-state index is 0.292. The van der Waals surface area contributed by atoms with Gasteiger partial charge in [-0.15, -0.1) is 0 Å². The van der Waals surface area contributed by atoms with E-state index in [1.165, 1.54) is 5.54 Å². The van der Waals surface area contributed by atoms with Crippen molar-refractivity contribution in [3.63, 3.8) is 0 Å². The summed E-state index contributed by atoms with van der Waals surface area (Å²) in [6.45, 7) is 0.475. The molecule has 3 nitrogen and oxygen atoms in total. The summed E-state index contributed by atoms with van der Waals surface area (Å²) >= 11 is 5.64. The van der Waals surface area contributed by atoms with Crippen molar-refractivity contribution in [3.8, 4) is 5.75 Å². The Bertz CT molecular complexity index is 452. The Kier molecular flexibility index (Phi) is 3.15. The fourth-order valence-electron chi connectivity index (χ4n) is 1.67. The number of halogens is 1. The third-order valence-corrected chi connectivity index (χ3v) is 2.90. The lowest BCUT2D eigenvalue weighted by Gasteiger charge is -2.07. The highest BCUT2D eigenvalue weighted by atomic mass is 35.5. The van der Waals surface area contributed by atoms with Crippen LogP contribution in [0.2, 0.25) is 0 Å². The molecule has 1 heterocycles. The maximum Gasteiger partial charge on any atom is 0.335 e. The van der Waals surface area contributed by atoms with Gasteiger partial charge in [-0.2, -0.15) is 0 Å². The first-order chi connectivity index (χ1) is 7.70. The molecular weight excluding hydrogens is 228 g/mol. The average molecular weight is 239 g/mol. The molecule has 0 fully saturated rings. The molecule has 1 aromatic rings. The minimum Gasteiger partial charge on any atom is -0.489 e. The van der Waals surface area contributed by atoms with Gasteiger partial charge < -0.3 is 9.84 Å². The van der Waals surface area contributed by atoms with E-state index in [1.54, 1.807) is 18.2 Å². The zero-order valence-corrected chi connectivity index (χ0v) is 9.33.